The lowest BCUT2D eigenvalue weighted by atomic mass is 10.0. The molecular weight excluding hydrogens is 264 g/mol. The number of carbonyl (C=O) groups excluding carboxylic acids is 1. The van der Waals surface area contributed by atoms with E-state index in [0.717, 1.165) is 22.4 Å². The molecule has 0 spiro atoms. The van der Waals surface area contributed by atoms with Crippen LogP contribution in [0.5, 0.6) is 0 Å². The Hall–Kier alpha value is -1.91. The molecule has 2 heterocycles. The van der Waals surface area contributed by atoms with Gasteiger partial charge < -0.3 is 5.32 Å². The van der Waals surface area contributed by atoms with Crippen molar-refractivity contribution in [2.45, 2.75) is 40.5 Å². The minimum Gasteiger partial charge on any atom is -0.352 e. The van der Waals surface area contributed by atoms with E-state index in [9.17, 15) is 4.79 Å². The van der Waals surface area contributed by atoms with Crippen LogP contribution in [0.4, 0.5) is 0 Å². The summed E-state index contributed by atoms with van der Waals surface area (Å²) in [5.41, 5.74) is 3.20. The normalized spacial score (nSPS) is 11.6. The average Bonchev–Trinajstić information content (AvgIpc) is 2.70. The Labute approximate surface area is 125 Å². The molecular formula is C16H24N4O. The number of rotatable bonds is 4. The predicted octanol–water partition coefficient (Wildman–Crippen LogP) is 2.79. The number of nitrogens with zero attached hydrogens (tertiary/aromatic N) is 3. The summed E-state index contributed by atoms with van der Waals surface area (Å²) >= 11 is 0. The summed E-state index contributed by atoms with van der Waals surface area (Å²) in [5.74, 6) is 0.640. The molecule has 1 N–H and O–H groups in total. The van der Waals surface area contributed by atoms with Crippen molar-refractivity contribution in [2.75, 3.05) is 6.54 Å². The van der Waals surface area contributed by atoms with Crippen molar-refractivity contribution < 1.29 is 4.79 Å². The van der Waals surface area contributed by atoms with Crippen LogP contribution < -0.4 is 5.32 Å². The van der Waals surface area contributed by atoms with Crippen molar-refractivity contribution in [3.63, 3.8) is 0 Å². The monoisotopic (exact) mass is 288 g/mol. The van der Waals surface area contributed by atoms with Gasteiger partial charge in [0.2, 0.25) is 0 Å². The van der Waals surface area contributed by atoms with Gasteiger partial charge in [-0.1, -0.05) is 27.7 Å². The molecule has 1 amide bonds. The number of hydrogen-bond acceptors (Lipinski definition) is 3. The molecule has 0 saturated carbocycles. The maximum absolute atomic E-state index is 12.5. The summed E-state index contributed by atoms with van der Waals surface area (Å²) in [4.78, 5) is 17.2. The quantitative estimate of drug-likeness (QED) is 0.941. The molecule has 0 aliphatic rings. The Kier molecular flexibility index (Phi) is 4.30. The van der Waals surface area contributed by atoms with E-state index >= 15 is 0 Å². The fourth-order valence-corrected chi connectivity index (χ4v) is 2.33. The summed E-state index contributed by atoms with van der Waals surface area (Å²) in [6, 6.07) is 1.90. The third-order valence-electron chi connectivity index (χ3n) is 3.50. The van der Waals surface area contributed by atoms with Gasteiger partial charge in [-0.15, -0.1) is 0 Å². The van der Waals surface area contributed by atoms with Crippen molar-refractivity contribution >= 4 is 16.9 Å². The Morgan fingerprint density at radius 3 is 2.57 bits per heavy atom. The number of carbonyl (C=O) groups is 1. The average molecular weight is 288 g/mol. The predicted molar refractivity (Wildman–Crippen MR) is 84.5 cm³/mol. The number of aryl methyl sites for hydroxylation is 2. The fourth-order valence-electron chi connectivity index (χ4n) is 2.33. The highest BCUT2D eigenvalue weighted by Gasteiger charge is 2.19. The maximum Gasteiger partial charge on any atom is 0.252 e. The van der Waals surface area contributed by atoms with Gasteiger partial charge in [0, 0.05) is 19.3 Å². The lowest BCUT2D eigenvalue weighted by Crippen LogP contribution is -2.27. The molecule has 0 aromatic carbocycles. The summed E-state index contributed by atoms with van der Waals surface area (Å²) in [5, 5.41) is 8.24. The smallest absolute Gasteiger partial charge is 0.252 e. The van der Waals surface area contributed by atoms with E-state index in [1.54, 1.807) is 4.68 Å². The van der Waals surface area contributed by atoms with Crippen LogP contribution in [0, 0.1) is 12.8 Å². The van der Waals surface area contributed by atoms with Crippen LogP contribution in [0.1, 0.15) is 55.4 Å². The summed E-state index contributed by atoms with van der Waals surface area (Å²) < 4.78 is 1.75. The van der Waals surface area contributed by atoms with Gasteiger partial charge in [0.25, 0.3) is 5.91 Å². The largest absolute Gasteiger partial charge is 0.352 e. The van der Waals surface area contributed by atoms with Crippen molar-refractivity contribution in [1.29, 1.82) is 0 Å². The number of amides is 1. The van der Waals surface area contributed by atoms with Crippen LogP contribution in [0.3, 0.4) is 0 Å². The van der Waals surface area contributed by atoms with E-state index < -0.39 is 0 Å². The Bertz CT molecular complexity index is 670. The second-order valence-corrected chi connectivity index (χ2v) is 6.26. The molecule has 0 unspecified atom stereocenters. The van der Waals surface area contributed by atoms with E-state index in [2.05, 4.69) is 43.1 Å². The fraction of sp³-hybridized carbons (Fsp3) is 0.562. The summed E-state index contributed by atoms with van der Waals surface area (Å²) in [6.07, 6.45) is 0. The number of nitrogens with one attached hydrogen (secondary N) is 1. The number of hydrogen-bond donors (Lipinski definition) is 1. The minimum atomic E-state index is -0.0471. The van der Waals surface area contributed by atoms with Crippen LogP contribution in [-0.2, 0) is 7.05 Å². The SMILES string of the molecule is Cc1nn(C)c2nc(C(C)C)cc(C(=O)NCC(C)C)c12. The molecule has 2 aromatic rings. The molecule has 114 valence electrons. The molecule has 0 aliphatic heterocycles. The lowest BCUT2D eigenvalue weighted by Gasteiger charge is -2.12. The highest BCUT2D eigenvalue weighted by Crippen LogP contribution is 2.24. The Balaban J connectivity index is 2.56. The molecule has 2 rings (SSSR count). The van der Waals surface area contributed by atoms with Crippen molar-refractivity contribution in [2.24, 2.45) is 13.0 Å². The Morgan fingerprint density at radius 1 is 1.33 bits per heavy atom. The first kappa shape index (κ1) is 15.5. The molecule has 5 nitrogen and oxygen atoms in total. The molecule has 0 aliphatic carbocycles. The first-order valence-electron chi connectivity index (χ1n) is 7.43. The van der Waals surface area contributed by atoms with Crippen molar-refractivity contribution in [3.05, 3.63) is 23.0 Å². The minimum absolute atomic E-state index is 0.0471. The second kappa shape index (κ2) is 5.84. The molecule has 0 fully saturated rings. The molecule has 2 aromatic heterocycles. The van der Waals surface area contributed by atoms with E-state index in [0.29, 0.717) is 18.0 Å². The van der Waals surface area contributed by atoms with Gasteiger partial charge in [-0.3, -0.25) is 9.48 Å². The number of aromatic nitrogens is 3. The van der Waals surface area contributed by atoms with Crippen molar-refractivity contribution in [1.82, 2.24) is 20.1 Å². The second-order valence-electron chi connectivity index (χ2n) is 6.26. The molecule has 0 radical (unpaired) electrons. The summed E-state index contributed by atoms with van der Waals surface area (Å²) in [6.45, 7) is 10.9. The van der Waals surface area contributed by atoms with Gasteiger partial charge in [0.05, 0.1) is 16.6 Å². The molecule has 0 bridgehead atoms. The zero-order valence-electron chi connectivity index (χ0n) is 13.7. The van der Waals surface area contributed by atoms with Crippen LogP contribution in [0.2, 0.25) is 0 Å². The topological polar surface area (TPSA) is 59.8 Å². The van der Waals surface area contributed by atoms with E-state index in [-0.39, 0.29) is 11.8 Å². The van der Waals surface area contributed by atoms with Crippen LogP contribution in [0.15, 0.2) is 6.07 Å². The van der Waals surface area contributed by atoms with Crippen LogP contribution in [-0.4, -0.2) is 27.2 Å². The van der Waals surface area contributed by atoms with Gasteiger partial charge in [0.15, 0.2) is 5.65 Å². The van der Waals surface area contributed by atoms with Gasteiger partial charge in [-0.25, -0.2) is 4.98 Å². The Morgan fingerprint density at radius 2 is 2.00 bits per heavy atom. The first-order chi connectivity index (χ1) is 9.81. The summed E-state index contributed by atoms with van der Waals surface area (Å²) in [7, 11) is 1.86. The first-order valence-corrected chi connectivity index (χ1v) is 7.43. The van der Waals surface area contributed by atoms with Gasteiger partial charge in [0.1, 0.15) is 0 Å². The van der Waals surface area contributed by atoms with Gasteiger partial charge in [-0.2, -0.15) is 5.10 Å². The molecule has 21 heavy (non-hydrogen) atoms. The zero-order chi connectivity index (χ0) is 15.7. The number of fused-ring (bicyclic) bond motifs is 1. The molecule has 0 saturated heterocycles. The van der Waals surface area contributed by atoms with Gasteiger partial charge >= 0.3 is 0 Å². The van der Waals surface area contributed by atoms with E-state index in [4.69, 9.17) is 0 Å². The van der Waals surface area contributed by atoms with E-state index in [1.165, 1.54) is 0 Å². The third-order valence-corrected chi connectivity index (χ3v) is 3.50. The highest BCUT2D eigenvalue weighted by atomic mass is 16.1. The van der Waals surface area contributed by atoms with Gasteiger partial charge in [-0.05, 0) is 24.8 Å². The zero-order valence-corrected chi connectivity index (χ0v) is 13.7. The van der Waals surface area contributed by atoms with Crippen molar-refractivity contribution in [3.8, 4) is 0 Å². The lowest BCUT2D eigenvalue weighted by molar-refractivity contribution is 0.0950. The molecule has 5 heteroatoms. The highest BCUT2D eigenvalue weighted by molar-refractivity contribution is 6.06. The maximum atomic E-state index is 12.5. The number of pyridine rings is 1. The van der Waals surface area contributed by atoms with Crippen LogP contribution >= 0.6 is 0 Å². The molecule has 0 atom stereocenters. The third kappa shape index (κ3) is 3.06. The standard InChI is InChI=1S/C16H24N4O/c1-9(2)8-17-16(21)12-7-13(10(3)4)18-15-14(12)11(5)19-20(15)6/h7,9-10H,8H2,1-6H3,(H,17,21). The van der Waals surface area contributed by atoms with E-state index in [1.807, 2.05) is 20.0 Å². The van der Waals surface area contributed by atoms with Crippen LogP contribution in [0.25, 0.3) is 11.0 Å².